The molecule has 1 saturated heterocycles. The van der Waals surface area contributed by atoms with Gasteiger partial charge in [0.1, 0.15) is 0 Å². The number of carbonyl (C=O) groups excluding carboxylic acids is 1. The molecule has 0 atom stereocenters. The Morgan fingerprint density at radius 1 is 1.39 bits per heavy atom. The summed E-state index contributed by atoms with van der Waals surface area (Å²) < 4.78 is 0. The standard InChI is InChI=1S/C13H18N2O3/c1-10-3-2-4-11(5-10)14-12(18)15-6-13(7-15,8-16)9-17/h2-5,16-17H,6-9H2,1H3,(H,14,18). The quantitative estimate of drug-likeness (QED) is 0.743. The third kappa shape index (κ3) is 2.47. The Morgan fingerprint density at radius 3 is 2.61 bits per heavy atom. The molecule has 0 spiro atoms. The van der Waals surface area contributed by atoms with Crippen molar-refractivity contribution in [2.24, 2.45) is 5.41 Å². The summed E-state index contributed by atoms with van der Waals surface area (Å²) in [6.07, 6.45) is 0. The highest BCUT2D eigenvalue weighted by Gasteiger charge is 2.44. The molecule has 2 rings (SSSR count). The first-order chi connectivity index (χ1) is 8.58. The van der Waals surface area contributed by atoms with E-state index in [1.54, 1.807) is 4.90 Å². The SMILES string of the molecule is Cc1cccc(NC(=O)N2CC(CO)(CO)C2)c1. The molecule has 1 fully saturated rings. The number of nitrogens with one attached hydrogen (secondary N) is 1. The fourth-order valence-corrected chi connectivity index (χ4v) is 2.08. The Balaban J connectivity index is 1.91. The summed E-state index contributed by atoms with van der Waals surface area (Å²) >= 11 is 0. The summed E-state index contributed by atoms with van der Waals surface area (Å²) in [6, 6.07) is 7.37. The summed E-state index contributed by atoms with van der Waals surface area (Å²) in [7, 11) is 0. The Labute approximate surface area is 106 Å². The van der Waals surface area contributed by atoms with Gasteiger partial charge in [0.15, 0.2) is 0 Å². The van der Waals surface area contributed by atoms with Gasteiger partial charge in [-0.25, -0.2) is 4.79 Å². The van der Waals surface area contributed by atoms with Gasteiger partial charge < -0.3 is 20.4 Å². The van der Waals surface area contributed by atoms with Gasteiger partial charge in [0, 0.05) is 18.8 Å². The summed E-state index contributed by atoms with van der Waals surface area (Å²) in [5, 5.41) is 21.1. The van der Waals surface area contributed by atoms with Crippen molar-refractivity contribution in [2.45, 2.75) is 6.92 Å². The van der Waals surface area contributed by atoms with Crippen molar-refractivity contribution in [3.63, 3.8) is 0 Å². The molecule has 0 bridgehead atoms. The van der Waals surface area contributed by atoms with Crippen molar-refractivity contribution in [3.8, 4) is 0 Å². The third-order valence-corrected chi connectivity index (χ3v) is 3.28. The smallest absolute Gasteiger partial charge is 0.321 e. The maximum Gasteiger partial charge on any atom is 0.321 e. The van der Waals surface area contributed by atoms with Gasteiger partial charge >= 0.3 is 6.03 Å². The van der Waals surface area contributed by atoms with Crippen LogP contribution in [0.2, 0.25) is 0 Å². The zero-order valence-corrected chi connectivity index (χ0v) is 10.4. The Bertz CT molecular complexity index is 436. The van der Waals surface area contributed by atoms with E-state index in [4.69, 9.17) is 10.2 Å². The van der Waals surface area contributed by atoms with Crippen LogP contribution in [0, 0.1) is 12.3 Å². The van der Waals surface area contributed by atoms with Gasteiger partial charge in [0.2, 0.25) is 0 Å². The van der Waals surface area contributed by atoms with Crippen LogP contribution in [0.4, 0.5) is 10.5 Å². The molecule has 3 N–H and O–H groups in total. The predicted octanol–water partition coefficient (Wildman–Crippen LogP) is 0.814. The largest absolute Gasteiger partial charge is 0.396 e. The number of likely N-dealkylation sites (tertiary alicyclic amines) is 1. The molecule has 1 aliphatic heterocycles. The summed E-state index contributed by atoms with van der Waals surface area (Å²) in [4.78, 5) is 13.5. The molecule has 0 radical (unpaired) electrons. The highest BCUT2D eigenvalue weighted by atomic mass is 16.3. The van der Waals surface area contributed by atoms with E-state index in [9.17, 15) is 4.79 Å². The van der Waals surface area contributed by atoms with E-state index in [1.165, 1.54) is 0 Å². The van der Waals surface area contributed by atoms with Crippen LogP contribution in [-0.4, -0.2) is 47.4 Å². The van der Waals surface area contributed by atoms with Crippen molar-refractivity contribution in [3.05, 3.63) is 29.8 Å². The Hall–Kier alpha value is -1.59. The number of carbonyl (C=O) groups is 1. The first kappa shape index (κ1) is 12.9. The topological polar surface area (TPSA) is 72.8 Å². The maximum absolute atomic E-state index is 11.9. The van der Waals surface area contributed by atoms with Gasteiger partial charge in [-0.15, -0.1) is 0 Å². The van der Waals surface area contributed by atoms with Crippen molar-refractivity contribution >= 4 is 11.7 Å². The fourth-order valence-electron chi connectivity index (χ4n) is 2.08. The third-order valence-electron chi connectivity index (χ3n) is 3.28. The molecule has 0 aromatic heterocycles. The number of anilines is 1. The van der Waals surface area contributed by atoms with Crippen LogP contribution < -0.4 is 5.32 Å². The van der Waals surface area contributed by atoms with Gasteiger partial charge in [0.25, 0.3) is 0 Å². The first-order valence-electron chi connectivity index (χ1n) is 5.93. The lowest BCUT2D eigenvalue weighted by Crippen LogP contribution is -2.62. The number of hydrogen-bond acceptors (Lipinski definition) is 3. The predicted molar refractivity (Wildman–Crippen MR) is 68.4 cm³/mol. The van der Waals surface area contributed by atoms with Crippen LogP contribution in [-0.2, 0) is 0 Å². The normalized spacial score (nSPS) is 17.2. The second-order valence-electron chi connectivity index (χ2n) is 4.97. The zero-order chi connectivity index (χ0) is 13.2. The lowest BCUT2D eigenvalue weighted by atomic mass is 9.82. The van der Waals surface area contributed by atoms with E-state index < -0.39 is 5.41 Å². The molecule has 1 aromatic rings. The number of hydrogen-bond donors (Lipinski definition) is 3. The molecule has 1 heterocycles. The van der Waals surface area contributed by atoms with Crippen molar-refractivity contribution in [1.82, 2.24) is 4.90 Å². The average molecular weight is 250 g/mol. The van der Waals surface area contributed by atoms with Gasteiger partial charge in [-0.05, 0) is 24.6 Å². The molecule has 5 nitrogen and oxygen atoms in total. The monoisotopic (exact) mass is 250 g/mol. The number of benzene rings is 1. The highest BCUT2D eigenvalue weighted by Crippen LogP contribution is 2.29. The maximum atomic E-state index is 11.9. The number of amides is 2. The summed E-state index contributed by atoms with van der Waals surface area (Å²) in [6.45, 7) is 2.53. The molecular weight excluding hydrogens is 232 g/mol. The van der Waals surface area contributed by atoms with E-state index in [1.807, 2.05) is 31.2 Å². The number of nitrogens with zero attached hydrogens (tertiary/aromatic N) is 1. The van der Waals surface area contributed by atoms with Crippen LogP contribution in [0.3, 0.4) is 0 Å². The Morgan fingerprint density at radius 2 is 2.06 bits per heavy atom. The number of urea groups is 1. The lowest BCUT2D eigenvalue weighted by Gasteiger charge is -2.47. The molecular formula is C13H18N2O3. The van der Waals surface area contributed by atoms with E-state index in [-0.39, 0.29) is 19.2 Å². The fraction of sp³-hybridized carbons (Fsp3) is 0.462. The minimum absolute atomic E-state index is 0.0995. The van der Waals surface area contributed by atoms with Crippen molar-refractivity contribution in [2.75, 3.05) is 31.6 Å². The minimum atomic E-state index is -0.524. The number of aliphatic hydroxyl groups is 2. The van der Waals surface area contributed by atoms with E-state index >= 15 is 0 Å². The molecule has 0 saturated carbocycles. The van der Waals surface area contributed by atoms with Gasteiger partial charge in [-0.3, -0.25) is 0 Å². The highest BCUT2D eigenvalue weighted by molar-refractivity contribution is 5.90. The minimum Gasteiger partial charge on any atom is -0.396 e. The molecule has 5 heteroatoms. The van der Waals surface area contributed by atoms with Crippen LogP contribution >= 0.6 is 0 Å². The van der Waals surface area contributed by atoms with E-state index in [0.29, 0.717) is 13.1 Å². The van der Waals surface area contributed by atoms with Crippen LogP contribution in [0.5, 0.6) is 0 Å². The van der Waals surface area contributed by atoms with E-state index in [2.05, 4.69) is 5.32 Å². The molecule has 0 unspecified atom stereocenters. The number of aryl methyl sites for hydroxylation is 1. The zero-order valence-electron chi connectivity index (χ0n) is 10.4. The van der Waals surface area contributed by atoms with E-state index in [0.717, 1.165) is 11.3 Å². The van der Waals surface area contributed by atoms with Gasteiger partial charge in [-0.2, -0.15) is 0 Å². The second-order valence-corrected chi connectivity index (χ2v) is 4.97. The average Bonchev–Trinajstić information content (AvgIpc) is 2.29. The van der Waals surface area contributed by atoms with Gasteiger partial charge in [-0.1, -0.05) is 12.1 Å². The molecule has 2 amide bonds. The van der Waals surface area contributed by atoms with Crippen molar-refractivity contribution in [1.29, 1.82) is 0 Å². The summed E-state index contributed by atoms with van der Waals surface area (Å²) in [5.74, 6) is 0. The molecule has 1 aromatic carbocycles. The molecule has 0 aliphatic carbocycles. The summed E-state index contributed by atoms with van der Waals surface area (Å²) in [5.41, 5.74) is 1.31. The second kappa shape index (κ2) is 4.96. The first-order valence-corrected chi connectivity index (χ1v) is 5.93. The van der Waals surface area contributed by atoms with Crippen LogP contribution in [0.1, 0.15) is 5.56 Å². The lowest BCUT2D eigenvalue weighted by molar-refractivity contribution is -0.0500. The molecule has 1 aliphatic rings. The Kier molecular flexibility index (Phi) is 3.54. The number of aliphatic hydroxyl groups excluding tert-OH is 2. The molecule has 98 valence electrons. The van der Waals surface area contributed by atoms with Gasteiger partial charge in [0.05, 0.1) is 18.6 Å². The molecule has 18 heavy (non-hydrogen) atoms. The number of rotatable bonds is 3. The van der Waals surface area contributed by atoms with Crippen LogP contribution in [0.25, 0.3) is 0 Å². The van der Waals surface area contributed by atoms with Crippen LogP contribution in [0.15, 0.2) is 24.3 Å². The van der Waals surface area contributed by atoms with Crippen molar-refractivity contribution < 1.29 is 15.0 Å².